The molecule has 0 aromatic rings. The van der Waals surface area contributed by atoms with Crippen LogP contribution in [0.25, 0.3) is 0 Å². The smallest absolute Gasteiger partial charge is 0.242 e. The Kier molecular flexibility index (Phi) is 7.54. The molecule has 0 aromatic carbocycles. The SMILES string of the molecule is CNCC(C)C(=O)NC(C)C(=O)NCC(C)C. The maximum absolute atomic E-state index is 11.7. The zero-order valence-electron chi connectivity index (χ0n) is 11.5. The average molecular weight is 243 g/mol. The van der Waals surface area contributed by atoms with Gasteiger partial charge in [-0.15, -0.1) is 0 Å². The molecule has 0 saturated carbocycles. The summed E-state index contributed by atoms with van der Waals surface area (Å²) in [4.78, 5) is 23.3. The Morgan fingerprint density at radius 3 is 2.06 bits per heavy atom. The molecule has 0 rings (SSSR count). The summed E-state index contributed by atoms with van der Waals surface area (Å²) in [6, 6.07) is -0.486. The Hall–Kier alpha value is -1.10. The van der Waals surface area contributed by atoms with Gasteiger partial charge in [0.1, 0.15) is 6.04 Å². The highest BCUT2D eigenvalue weighted by Gasteiger charge is 2.18. The van der Waals surface area contributed by atoms with Crippen molar-refractivity contribution < 1.29 is 9.59 Å². The van der Waals surface area contributed by atoms with Crippen molar-refractivity contribution in [3.63, 3.8) is 0 Å². The monoisotopic (exact) mass is 243 g/mol. The van der Waals surface area contributed by atoms with Gasteiger partial charge in [0.25, 0.3) is 0 Å². The Morgan fingerprint density at radius 2 is 1.59 bits per heavy atom. The lowest BCUT2D eigenvalue weighted by Gasteiger charge is -2.17. The molecule has 3 N–H and O–H groups in total. The van der Waals surface area contributed by atoms with E-state index in [1.165, 1.54) is 0 Å². The third-order valence-corrected chi connectivity index (χ3v) is 2.39. The lowest BCUT2D eigenvalue weighted by Crippen LogP contribution is -2.48. The van der Waals surface area contributed by atoms with Crippen molar-refractivity contribution in [3.8, 4) is 0 Å². The van der Waals surface area contributed by atoms with Crippen LogP contribution in [0.5, 0.6) is 0 Å². The van der Waals surface area contributed by atoms with Gasteiger partial charge in [0.15, 0.2) is 0 Å². The van der Waals surface area contributed by atoms with Gasteiger partial charge in [-0.05, 0) is 19.9 Å². The minimum absolute atomic E-state index is 0.105. The molecular weight excluding hydrogens is 218 g/mol. The van der Waals surface area contributed by atoms with Crippen molar-refractivity contribution in [2.75, 3.05) is 20.1 Å². The molecule has 0 radical (unpaired) electrons. The van der Waals surface area contributed by atoms with Crippen molar-refractivity contribution in [1.82, 2.24) is 16.0 Å². The number of hydrogen-bond donors (Lipinski definition) is 3. The Labute approximate surface area is 104 Å². The molecule has 17 heavy (non-hydrogen) atoms. The second-order valence-corrected chi connectivity index (χ2v) is 4.83. The van der Waals surface area contributed by atoms with Gasteiger partial charge in [-0.2, -0.15) is 0 Å². The van der Waals surface area contributed by atoms with Gasteiger partial charge in [-0.25, -0.2) is 0 Å². The van der Waals surface area contributed by atoms with Crippen LogP contribution in [0.4, 0.5) is 0 Å². The number of amides is 2. The van der Waals surface area contributed by atoms with Gasteiger partial charge in [0, 0.05) is 19.0 Å². The number of rotatable bonds is 7. The molecule has 0 aliphatic rings. The van der Waals surface area contributed by atoms with Gasteiger partial charge in [0.05, 0.1) is 0 Å². The van der Waals surface area contributed by atoms with Crippen molar-refractivity contribution in [3.05, 3.63) is 0 Å². The van der Waals surface area contributed by atoms with Crippen LogP contribution in [0.15, 0.2) is 0 Å². The molecule has 5 heteroatoms. The molecule has 0 aromatic heterocycles. The molecule has 2 atom stereocenters. The third kappa shape index (κ3) is 6.94. The van der Waals surface area contributed by atoms with E-state index in [9.17, 15) is 9.59 Å². The zero-order chi connectivity index (χ0) is 13.4. The molecular formula is C12H25N3O2. The summed E-state index contributed by atoms with van der Waals surface area (Å²) in [5.41, 5.74) is 0. The van der Waals surface area contributed by atoms with E-state index in [1.807, 2.05) is 20.8 Å². The first-order chi connectivity index (χ1) is 7.88. The maximum Gasteiger partial charge on any atom is 0.242 e. The van der Waals surface area contributed by atoms with Gasteiger partial charge in [-0.1, -0.05) is 20.8 Å². The van der Waals surface area contributed by atoms with Crippen LogP contribution in [0.1, 0.15) is 27.7 Å². The zero-order valence-corrected chi connectivity index (χ0v) is 11.5. The largest absolute Gasteiger partial charge is 0.354 e. The molecule has 5 nitrogen and oxygen atoms in total. The van der Waals surface area contributed by atoms with E-state index in [4.69, 9.17) is 0 Å². The molecule has 2 amide bonds. The van der Waals surface area contributed by atoms with E-state index in [-0.39, 0.29) is 17.7 Å². The first-order valence-electron chi connectivity index (χ1n) is 6.11. The number of hydrogen-bond acceptors (Lipinski definition) is 3. The van der Waals surface area contributed by atoms with Crippen LogP contribution < -0.4 is 16.0 Å². The van der Waals surface area contributed by atoms with Crippen LogP contribution in [0.2, 0.25) is 0 Å². The maximum atomic E-state index is 11.7. The molecule has 0 spiro atoms. The summed E-state index contributed by atoms with van der Waals surface area (Å²) in [6.45, 7) is 8.80. The van der Waals surface area contributed by atoms with E-state index in [0.29, 0.717) is 19.0 Å². The van der Waals surface area contributed by atoms with Gasteiger partial charge < -0.3 is 16.0 Å². The average Bonchev–Trinajstić information content (AvgIpc) is 2.25. The highest BCUT2D eigenvalue weighted by molar-refractivity contribution is 5.88. The highest BCUT2D eigenvalue weighted by Crippen LogP contribution is 1.95. The molecule has 0 heterocycles. The van der Waals surface area contributed by atoms with Crippen LogP contribution in [-0.4, -0.2) is 38.0 Å². The molecule has 0 saturated heterocycles. The highest BCUT2D eigenvalue weighted by atomic mass is 16.2. The molecule has 0 aliphatic carbocycles. The Balaban J connectivity index is 4.02. The Morgan fingerprint density at radius 1 is 1.00 bits per heavy atom. The first kappa shape index (κ1) is 15.9. The predicted molar refractivity (Wildman–Crippen MR) is 68.5 cm³/mol. The molecule has 100 valence electrons. The van der Waals surface area contributed by atoms with Crippen LogP contribution >= 0.6 is 0 Å². The summed E-state index contributed by atoms with van der Waals surface area (Å²) in [5, 5.41) is 8.42. The summed E-state index contributed by atoms with van der Waals surface area (Å²) in [5.74, 6) is 0.0284. The lowest BCUT2D eigenvalue weighted by atomic mass is 10.1. The number of carbonyl (C=O) groups is 2. The predicted octanol–water partition coefficient (Wildman–Crippen LogP) is 0.119. The van der Waals surface area contributed by atoms with E-state index in [1.54, 1.807) is 14.0 Å². The molecule has 0 aliphatic heterocycles. The number of nitrogens with one attached hydrogen (secondary N) is 3. The lowest BCUT2D eigenvalue weighted by molar-refractivity contribution is -0.130. The summed E-state index contributed by atoms with van der Waals surface area (Å²) in [6.07, 6.45) is 0. The van der Waals surface area contributed by atoms with E-state index in [2.05, 4.69) is 16.0 Å². The van der Waals surface area contributed by atoms with Crippen LogP contribution in [0.3, 0.4) is 0 Å². The molecule has 2 unspecified atom stereocenters. The van der Waals surface area contributed by atoms with Gasteiger partial charge in [-0.3, -0.25) is 9.59 Å². The minimum Gasteiger partial charge on any atom is -0.354 e. The van der Waals surface area contributed by atoms with E-state index in [0.717, 1.165) is 0 Å². The molecule has 0 fully saturated rings. The first-order valence-corrected chi connectivity index (χ1v) is 6.11. The van der Waals surface area contributed by atoms with Crippen molar-refractivity contribution in [2.24, 2.45) is 11.8 Å². The van der Waals surface area contributed by atoms with Crippen LogP contribution in [0, 0.1) is 11.8 Å². The second-order valence-electron chi connectivity index (χ2n) is 4.83. The fraction of sp³-hybridized carbons (Fsp3) is 0.833. The van der Waals surface area contributed by atoms with Gasteiger partial charge >= 0.3 is 0 Å². The summed E-state index contributed by atoms with van der Waals surface area (Å²) in [7, 11) is 1.79. The topological polar surface area (TPSA) is 70.2 Å². The van der Waals surface area contributed by atoms with Crippen LogP contribution in [-0.2, 0) is 9.59 Å². The standard InChI is InChI=1S/C12H25N3O2/c1-8(2)6-14-12(17)10(4)15-11(16)9(3)7-13-5/h8-10,13H,6-7H2,1-5H3,(H,14,17)(H,15,16). The van der Waals surface area contributed by atoms with E-state index < -0.39 is 6.04 Å². The summed E-state index contributed by atoms with van der Waals surface area (Å²) >= 11 is 0. The third-order valence-electron chi connectivity index (χ3n) is 2.39. The number of carbonyl (C=O) groups excluding carboxylic acids is 2. The van der Waals surface area contributed by atoms with E-state index >= 15 is 0 Å². The van der Waals surface area contributed by atoms with Crippen molar-refractivity contribution >= 4 is 11.8 Å². The molecule has 0 bridgehead atoms. The summed E-state index contributed by atoms with van der Waals surface area (Å²) < 4.78 is 0. The fourth-order valence-corrected chi connectivity index (χ4v) is 1.28. The minimum atomic E-state index is -0.486. The van der Waals surface area contributed by atoms with Crippen molar-refractivity contribution in [1.29, 1.82) is 0 Å². The fourth-order valence-electron chi connectivity index (χ4n) is 1.28. The second kappa shape index (κ2) is 8.06. The normalized spacial score (nSPS) is 14.2. The Bertz CT molecular complexity index is 254. The van der Waals surface area contributed by atoms with Gasteiger partial charge in [0.2, 0.25) is 11.8 Å². The van der Waals surface area contributed by atoms with Crippen molar-refractivity contribution in [2.45, 2.75) is 33.7 Å². The quantitative estimate of drug-likeness (QED) is 0.595.